The van der Waals surface area contributed by atoms with Gasteiger partial charge in [0.15, 0.2) is 0 Å². The third kappa shape index (κ3) is 2.82. The quantitative estimate of drug-likeness (QED) is 0.613. The van der Waals surface area contributed by atoms with Gasteiger partial charge in [0, 0.05) is 0 Å². The molecule has 0 amide bonds. The molecular weight excluding hydrogens is 270 g/mol. The van der Waals surface area contributed by atoms with E-state index >= 15 is 0 Å². The van der Waals surface area contributed by atoms with Crippen molar-refractivity contribution in [3.05, 3.63) is 30.3 Å². The summed E-state index contributed by atoms with van der Waals surface area (Å²) in [7, 11) is 0. The molecule has 0 radical (unpaired) electrons. The Morgan fingerprint density at radius 3 is 2.13 bits per heavy atom. The third-order valence-corrected chi connectivity index (χ3v) is 11.1. The second-order valence-electron chi connectivity index (χ2n) is 4.48. The Morgan fingerprint density at radius 1 is 1.20 bits per heavy atom. The number of hydrogen-bond acceptors (Lipinski definition) is 1. The summed E-state index contributed by atoms with van der Waals surface area (Å²) >= 11 is 3.34. The summed E-state index contributed by atoms with van der Waals surface area (Å²) in [6, 6.07) is 10.5. The first-order valence-corrected chi connectivity index (χ1v) is 9.14. The molecule has 84 valence electrons. The summed E-state index contributed by atoms with van der Waals surface area (Å²) in [5, 5.41) is 1.45. The number of benzene rings is 1. The average molecular weight is 289 g/mol. The van der Waals surface area contributed by atoms with Gasteiger partial charge in [-0.2, -0.15) is 0 Å². The monoisotopic (exact) mass is 290 g/mol. The molecule has 0 bridgehead atoms. The van der Waals surface area contributed by atoms with Gasteiger partial charge in [-0.1, -0.05) is 0 Å². The predicted molar refractivity (Wildman–Crippen MR) is 70.1 cm³/mol. The molecule has 0 aliphatic heterocycles. The minimum absolute atomic E-state index is 0.143. The van der Waals surface area contributed by atoms with Crippen LogP contribution in [-0.4, -0.2) is 26.9 Å². The third-order valence-electron chi connectivity index (χ3n) is 2.29. The predicted octanol–water partition coefficient (Wildman–Crippen LogP) is 3.16. The zero-order valence-electron chi connectivity index (χ0n) is 9.86. The Morgan fingerprint density at radius 2 is 1.73 bits per heavy atom. The van der Waals surface area contributed by atoms with Crippen LogP contribution in [0.5, 0.6) is 0 Å². The standard InChI is InChI=1S/C12H19OPSe/c1-5-13-14(15,12(2,3)4)11-9-7-6-8-10-11/h6-10H,5H2,1-4H3. The van der Waals surface area contributed by atoms with E-state index < -0.39 is 5.74 Å². The molecule has 0 aliphatic rings. The van der Waals surface area contributed by atoms with Gasteiger partial charge in [-0.3, -0.25) is 0 Å². The molecule has 0 aromatic heterocycles. The van der Waals surface area contributed by atoms with Crippen molar-refractivity contribution in [3.8, 4) is 0 Å². The summed E-state index contributed by atoms with van der Waals surface area (Å²) in [5.74, 6) is 0. The van der Waals surface area contributed by atoms with Crippen LogP contribution in [0.4, 0.5) is 0 Å². The second-order valence-corrected chi connectivity index (χ2v) is 10.9. The van der Waals surface area contributed by atoms with Crippen LogP contribution in [0.3, 0.4) is 0 Å². The fraction of sp³-hybridized carbons (Fsp3) is 0.500. The van der Waals surface area contributed by atoms with Gasteiger partial charge < -0.3 is 0 Å². The Labute approximate surface area is 101 Å². The van der Waals surface area contributed by atoms with E-state index in [0.29, 0.717) is 0 Å². The first-order valence-electron chi connectivity index (χ1n) is 5.22. The van der Waals surface area contributed by atoms with Gasteiger partial charge in [0.2, 0.25) is 0 Å². The van der Waals surface area contributed by atoms with Gasteiger partial charge >= 0.3 is 100 Å². The van der Waals surface area contributed by atoms with E-state index in [1.54, 1.807) is 0 Å². The molecular formula is C12H19OPSe. The van der Waals surface area contributed by atoms with Crippen molar-refractivity contribution in [1.29, 1.82) is 0 Å². The molecule has 0 saturated heterocycles. The first kappa shape index (κ1) is 13.2. The molecule has 0 aliphatic carbocycles. The van der Waals surface area contributed by atoms with Crippen LogP contribution in [-0.2, 0) is 4.52 Å². The van der Waals surface area contributed by atoms with Crippen molar-refractivity contribution in [2.75, 3.05) is 6.61 Å². The molecule has 1 nitrogen and oxygen atoms in total. The fourth-order valence-corrected chi connectivity index (χ4v) is 5.13. The molecule has 15 heavy (non-hydrogen) atoms. The van der Waals surface area contributed by atoms with Gasteiger partial charge in [-0.05, 0) is 0 Å². The van der Waals surface area contributed by atoms with Gasteiger partial charge in [0.25, 0.3) is 0 Å². The summed E-state index contributed by atoms with van der Waals surface area (Å²) in [6.07, 6.45) is 0. The molecule has 3 heteroatoms. The van der Waals surface area contributed by atoms with Crippen molar-refractivity contribution in [2.45, 2.75) is 32.9 Å². The Hall–Kier alpha value is 0.129. The van der Waals surface area contributed by atoms with E-state index in [1.807, 2.05) is 6.07 Å². The van der Waals surface area contributed by atoms with E-state index in [4.69, 9.17) is 4.52 Å². The van der Waals surface area contributed by atoms with Crippen LogP contribution in [0.25, 0.3) is 0 Å². The van der Waals surface area contributed by atoms with Crippen molar-refractivity contribution in [3.63, 3.8) is 0 Å². The number of hydrogen-bond donors (Lipinski definition) is 0. The van der Waals surface area contributed by atoms with Crippen molar-refractivity contribution in [1.82, 2.24) is 0 Å². The topological polar surface area (TPSA) is 9.23 Å². The summed E-state index contributed by atoms with van der Waals surface area (Å²) in [6.45, 7) is 9.52. The van der Waals surface area contributed by atoms with Gasteiger partial charge in [-0.15, -0.1) is 0 Å². The van der Waals surface area contributed by atoms with Crippen molar-refractivity contribution in [2.24, 2.45) is 0 Å². The maximum absolute atomic E-state index is 6.04. The molecule has 0 saturated carbocycles. The van der Waals surface area contributed by atoms with Gasteiger partial charge in [0.1, 0.15) is 0 Å². The van der Waals surface area contributed by atoms with Crippen LogP contribution in [0.2, 0.25) is 0 Å². The Bertz CT molecular complexity index is 354. The number of rotatable bonds is 3. The molecule has 1 rings (SSSR count). The zero-order valence-corrected chi connectivity index (χ0v) is 12.5. The van der Waals surface area contributed by atoms with Gasteiger partial charge in [0.05, 0.1) is 0 Å². The van der Waals surface area contributed by atoms with E-state index in [-0.39, 0.29) is 5.16 Å². The van der Waals surface area contributed by atoms with Crippen LogP contribution >= 0.6 is 5.74 Å². The molecule has 0 N–H and O–H groups in total. The van der Waals surface area contributed by atoms with Gasteiger partial charge in [-0.25, -0.2) is 0 Å². The summed E-state index contributed by atoms with van der Waals surface area (Å²) in [4.78, 5) is 0. The molecule has 0 spiro atoms. The SMILES string of the molecule is CCOP(=[Se])(c1ccccc1)C(C)(C)C. The Kier molecular flexibility index (Phi) is 4.38. The average Bonchev–Trinajstić information content (AvgIpc) is 2.18. The van der Waals surface area contributed by atoms with E-state index in [1.165, 1.54) is 5.30 Å². The molecule has 0 heterocycles. The molecule has 1 aromatic carbocycles. The van der Waals surface area contributed by atoms with Crippen LogP contribution in [0.15, 0.2) is 30.3 Å². The Balaban J connectivity index is 3.20. The first-order chi connectivity index (χ1) is 6.92. The maximum atomic E-state index is 6.04. The molecule has 0 fully saturated rings. The van der Waals surface area contributed by atoms with Crippen LogP contribution < -0.4 is 5.30 Å². The van der Waals surface area contributed by atoms with E-state index in [9.17, 15) is 0 Å². The normalized spacial score (nSPS) is 16.0. The minimum atomic E-state index is -1.63. The fourth-order valence-electron chi connectivity index (χ4n) is 1.46. The zero-order chi connectivity index (χ0) is 11.5. The molecule has 1 aromatic rings. The van der Waals surface area contributed by atoms with E-state index in [2.05, 4.69) is 67.1 Å². The van der Waals surface area contributed by atoms with Crippen molar-refractivity contribution >= 4 is 26.1 Å². The molecule has 1 unspecified atom stereocenters. The summed E-state index contributed by atoms with van der Waals surface area (Å²) < 4.78 is 6.04. The molecule has 1 atom stereocenters. The summed E-state index contributed by atoms with van der Waals surface area (Å²) in [5.41, 5.74) is -1.63. The van der Waals surface area contributed by atoms with E-state index in [0.717, 1.165) is 6.61 Å². The van der Waals surface area contributed by atoms with Crippen LogP contribution in [0, 0.1) is 0 Å². The van der Waals surface area contributed by atoms with Crippen LogP contribution in [0.1, 0.15) is 27.7 Å². The second kappa shape index (κ2) is 4.97. The van der Waals surface area contributed by atoms with Crippen molar-refractivity contribution < 1.29 is 4.52 Å².